The molecule has 104 valence electrons. The SMILES string of the molecule is Cc1ccc2c(c1)CCCN2C(=O)CSC(C)(C)C. The first kappa shape index (κ1) is 14.4. The van der Waals surface area contributed by atoms with Crippen LogP contribution in [0.5, 0.6) is 0 Å². The molecular formula is C16H23NOS. The zero-order valence-corrected chi connectivity index (χ0v) is 13.1. The van der Waals surface area contributed by atoms with E-state index in [0.717, 1.165) is 25.1 Å². The minimum atomic E-state index is 0.140. The van der Waals surface area contributed by atoms with Crippen molar-refractivity contribution >= 4 is 23.4 Å². The summed E-state index contributed by atoms with van der Waals surface area (Å²) in [4.78, 5) is 14.4. The van der Waals surface area contributed by atoms with Gasteiger partial charge in [0.25, 0.3) is 0 Å². The monoisotopic (exact) mass is 277 g/mol. The maximum atomic E-state index is 12.4. The van der Waals surface area contributed by atoms with Crippen molar-refractivity contribution in [1.29, 1.82) is 0 Å². The Balaban J connectivity index is 2.13. The molecular weight excluding hydrogens is 254 g/mol. The van der Waals surface area contributed by atoms with Crippen molar-refractivity contribution in [2.45, 2.75) is 45.3 Å². The second-order valence-corrected chi connectivity index (χ2v) is 7.98. The molecule has 0 spiro atoms. The predicted octanol–water partition coefficient (Wildman–Crippen LogP) is 3.81. The molecule has 0 N–H and O–H groups in total. The van der Waals surface area contributed by atoms with Crippen LogP contribution in [0, 0.1) is 6.92 Å². The molecule has 0 atom stereocenters. The molecule has 1 aromatic carbocycles. The van der Waals surface area contributed by atoms with Gasteiger partial charge in [-0.2, -0.15) is 0 Å². The summed E-state index contributed by atoms with van der Waals surface area (Å²) in [7, 11) is 0. The highest BCUT2D eigenvalue weighted by Crippen LogP contribution is 2.30. The third-order valence-corrected chi connectivity index (χ3v) is 4.54. The van der Waals surface area contributed by atoms with Gasteiger partial charge in [0.2, 0.25) is 5.91 Å². The molecule has 2 nitrogen and oxygen atoms in total. The number of amides is 1. The first-order valence-corrected chi connectivity index (χ1v) is 7.89. The second kappa shape index (κ2) is 5.58. The van der Waals surface area contributed by atoms with E-state index in [9.17, 15) is 4.79 Å². The second-order valence-electron chi connectivity index (χ2n) is 6.18. The summed E-state index contributed by atoms with van der Waals surface area (Å²) in [5, 5.41) is 0. The third-order valence-electron chi connectivity index (χ3n) is 3.28. The molecule has 1 heterocycles. The third kappa shape index (κ3) is 3.75. The van der Waals surface area contributed by atoms with Crippen LogP contribution in [-0.4, -0.2) is 23.0 Å². The molecule has 1 aliphatic rings. The highest BCUT2D eigenvalue weighted by Gasteiger charge is 2.23. The van der Waals surface area contributed by atoms with Crippen LogP contribution in [0.2, 0.25) is 0 Å². The van der Waals surface area contributed by atoms with E-state index in [2.05, 4.69) is 45.9 Å². The summed E-state index contributed by atoms with van der Waals surface area (Å²) in [6.45, 7) is 9.42. The summed E-state index contributed by atoms with van der Waals surface area (Å²) >= 11 is 1.72. The topological polar surface area (TPSA) is 20.3 Å². The van der Waals surface area contributed by atoms with Crippen molar-refractivity contribution in [2.24, 2.45) is 0 Å². The zero-order valence-electron chi connectivity index (χ0n) is 12.3. The number of carbonyl (C=O) groups is 1. The highest BCUT2D eigenvalue weighted by atomic mass is 32.2. The van der Waals surface area contributed by atoms with Crippen molar-refractivity contribution in [3.8, 4) is 0 Å². The number of hydrogen-bond acceptors (Lipinski definition) is 2. The quantitative estimate of drug-likeness (QED) is 0.819. The number of hydrogen-bond donors (Lipinski definition) is 0. The Labute approximate surface area is 120 Å². The smallest absolute Gasteiger partial charge is 0.237 e. The van der Waals surface area contributed by atoms with Gasteiger partial charge < -0.3 is 4.90 Å². The molecule has 0 aromatic heterocycles. The first-order chi connectivity index (χ1) is 8.87. The van der Waals surface area contributed by atoms with Crippen LogP contribution < -0.4 is 4.90 Å². The van der Waals surface area contributed by atoms with Crippen molar-refractivity contribution in [3.05, 3.63) is 29.3 Å². The van der Waals surface area contributed by atoms with Gasteiger partial charge in [0.05, 0.1) is 5.75 Å². The molecule has 0 saturated carbocycles. The lowest BCUT2D eigenvalue weighted by molar-refractivity contribution is -0.116. The number of aryl methyl sites for hydroxylation is 2. The summed E-state index contributed by atoms with van der Waals surface area (Å²) in [6, 6.07) is 6.41. The summed E-state index contributed by atoms with van der Waals surface area (Å²) in [6.07, 6.45) is 2.16. The van der Waals surface area contributed by atoms with E-state index in [-0.39, 0.29) is 10.7 Å². The van der Waals surface area contributed by atoms with E-state index in [0.29, 0.717) is 5.75 Å². The molecule has 1 amide bonds. The molecule has 2 rings (SSSR count). The van der Waals surface area contributed by atoms with Gasteiger partial charge in [-0.1, -0.05) is 38.5 Å². The van der Waals surface area contributed by atoms with E-state index in [4.69, 9.17) is 0 Å². The largest absolute Gasteiger partial charge is 0.311 e. The van der Waals surface area contributed by atoms with Crippen LogP contribution in [0.25, 0.3) is 0 Å². The van der Waals surface area contributed by atoms with Crippen LogP contribution in [-0.2, 0) is 11.2 Å². The van der Waals surface area contributed by atoms with E-state index in [1.807, 2.05) is 4.90 Å². The van der Waals surface area contributed by atoms with Crippen LogP contribution in [0.4, 0.5) is 5.69 Å². The molecule has 0 aliphatic carbocycles. The van der Waals surface area contributed by atoms with Crippen LogP contribution in [0.15, 0.2) is 18.2 Å². The first-order valence-electron chi connectivity index (χ1n) is 6.91. The zero-order chi connectivity index (χ0) is 14.0. The summed E-state index contributed by atoms with van der Waals surface area (Å²) in [5.41, 5.74) is 3.72. The van der Waals surface area contributed by atoms with Crippen molar-refractivity contribution in [3.63, 3.8) is 0 Å². The molecule has 0 saturated heterocycles. The fourth-order valence-corrected chi connectivity index (χ4v) is 3.05. The van der Waals surface area contributed by atoms with Gasteiger partial charge in [-0.15, -0.1) is 11.8 Å². The molecule has 0 fully saturated rings. The Morgan fingerprint density at radius 3 is 2.79 bits per heavy atom. The number of benzene rings is 1. The lowest BCUT2D eigenvalue weighted by Crippen LogP contribution is -2.37. The Hall–Kier alpha value is -0.960. The highest BCUT2D eigenvalue weighted by molar-refractivity contribution is 8.01. The van der Waals surface area contributed by atoms with Gasteiger partial charge in [-0.25, -0.2) is 0 Å². The van der Waals surface area contributed by atoms with Crippen molar-refractivity contribution < 1.29 is 4.79 Å². The lowest BCUT2D eigenvalue weighted by atomic mass is 9.99. The normalized spacial score (nSPS) is 15.3. The number of anilines is 1. The molecule has 19 heavy (non-hydrogen) atoms. The van der Waals surface area contributed by atoms with E-state index < -0.39 is 0 Å². The average molecular weight is 277 g/mol. The molecule has 1 aromatic rings. The summed E-state index contributed by atoms with van der Waals surface area (Å²) in [5.74, 6) is 0.807. The van der Waals surface area contributed by atoms with Crippen LogP contribution in [0.1, 0.15) is 38.3 Å². The van der Waals surface area contributed by atoms with Crippen LogP contribution in [0.3, 0.4) is 0 Å². The fraction of sp³-hybridized carbons (Fsp3) is 0.562. The standard InChI is InChI=1S/C16H23NOS/c1-12-7-8-14-13(10-12)6-5-9-17(14)15(18)11-19-16(2,3)4/h7-8,10H,5-6,9,11H2,1-4H3. The van der Waals surface area contributed by atoms with E-state index >= 15 is 0 Å². The Morgan fingerprint density at radius 2 is 2.11 bits per heavy atom. The molecule has 3 heteroatoms. The van der Waals surface area contributed by atoms with Gasteiger partial charge in [0, 0.05) is 17.0 Å². The number of carbonyl (C=O) groups excluding carboxylic acids is 1. The molecule has 0 radical (unpaired) electrons. The molecule has 0 bridgehead atoms. The molecule has 1 aliphatic heterocycles. The predicted molar refractivity (Wildman–Crippen MR) is 84.1 cm³/mol. The van der Waals surface area contributed by atoms with Gasteiger partial charge in [0.1, 0.15) is 0 Å². The van der Waals surface area contributed by atoms with E-state index in [1.54, 1.807) is 11.8 Å². The lowest BCUT2D eigenvalue weighted by Gasteiger charge is -2.30. The van der Waals surface area contributed by atoms with Gasteiger partial charge in [0.15, 0.2) is 0 Å². The minimum absolute atomic E-state index is 0.140. The Bertz CT molecular complexity index is 476. The average Bonchev–Trinajstić information content (AvgIpc) is 2.34. The maximum absolute atomic E-state index is 12.4. The number of fused-ring (bicyclic) bond motifs is 1. The number of rotatable bonds is 2. The summed E-state index contributed by atoms with van der Waals surface area (Å²) < 4.78 is 0.140. The Morgan fingerprint density at radius 1 is 1.37 bits per heavy atom. The minimum Gasteiger partial charge on any atom is -0.311 e. The van der Waals surface area contributed by atoms with Gasteiger partial charge in [-0.05, 0) is 31.4 Å². The fourth-order valence-electron chi connectivity index (χ4n) is 2.34. The number of thioether (sulfide) groups is 1. The Kier molecular flexibility index (Phi) is 4.24. The van der Waals surface area contributed by atoms with Gasteiger partial charge in [-0.3, -0.25) is 4.79 Å². The van der Waals surface area contributed by atoms with Gasteiger partial charge >= 0.3 is 0 Å². The van der Waals surface area contributed by atoms with E-state index in [1.165, 1.54) is 11.1 Å². The maximum Gasteiger partial charge on any atom is 0.237 e. The van der Waals surface area contributed by atoms with Crippen molar-refractivity contribution in [1.82, 2.24) is 0 Å². The van der Waals surface area contributed by atoms with Crippen LogP contribution >= 0.6 is 11.8 Å². The number of nitrogens with zero attached hydrogens (tertiary/aromatic N) is 1. The van der Waals surface area contributed by atoms with Crippen molar-refractivity contribution in [2.75, 3.05) is 17.2 Å². The molecule has 0 unspecified atom stereocenters.